The second kappa shape index (κ2) is 6.69. The molecule has 1 fully saturated rings. The molecule has 1 aliphatic rings. The summed E-state index contributed by atoms with van der Waals surface area (Å²) in [5.74, 6) is 2.13. The smallest absolute Gasteiger partial charge is 0.122 e. The summed E-state index contributed by atoms with van der Waals surface area (Å²) in [7, 11) is 1.69. The van der Waals surface area contributed by atoms with Crippen LogP contribution in [0.1, 0.15) is 24.8 Å². The van der Waals surface area contributed by atoms with Crippen LogP contribution in [0, 0.1) is 0 Å². The number of hydrogen-bond acceptors (Lipinski definition) is 3. The third-order valence-electron chi connectivity index (χ3n) is 3.39. The summed E-state index contributed by atoms with van der Waals surface area (Å²) in [5.41, 5.74) is 7.45. The number of methoxy groups -OCH3 is 1. The van der Waals surface area contributed by atoms with Crippen molar-refractivity contribution in [3.05, 3.63) is 28.8 Å². The number of rotatable bonds is 4. The van der Waals surface area contributed by atoms with Gasteiger partial charge in [0.1, 0.15) is 5.75 Å². The maximum Gasteiger partial charge on any atom is 0.122 e. The van der Waals surface area contributed by atoms with E-state index in [1.54, 1.807) is 7.11 Å². The van der Waals surface area contributed by atoms with Crippen molar-refractivity contribution in [3.63, 3.8) is 0 Å². The van der Waals surface area contributed by atoms with Crippen molar-refractivity contribution in [2.24, 2.45) is 5.73 Å². The second-order valence-electron chi connectivity index (χ2n) is 4.73. The molecule has 2 rings (SSSR count). The average Bonchev–Trinajstić information content (AvgIpc) is 2.40. The standard InChI is InChI=1S/C14H20ClNOS/c1-17-13-6-5-11(15)8-10(13)9-12(16)14-4-2-3-7-18-14/h5-6,8,12,14H,2-4,7,9,16H2,1H3. The van der Waals surface area contributed by atoms with Crippen LogP contribution in [-0.2, 0) is 6.42 Å². The Bertz CT molecular complexity index is 393. The first kappa shape index (κ1) is 14.0. The summed E-state index contributed by atoms with van der Waals surface area (Å²) in [4.78, 5) is 0. The Morgan fingerprint density at radius 3 is 3.00 bits per heavy atom. The van der Waals surface area contributed by atoms with Crippen molar-refractivity contribution in [2.75, 3.05) is 12.9 Å². The SMILES string of the molecule is COc1ccc(Cl)cc1CC(N)C1CCCCS1. The summed E-state index contributed by atoms with van der Waals surface area (Å²) in [5, 5.41) is 1.32. The van der Waals surface area contributed by atoms with Crippen molar-refractivity contribution < 1.29 is 4.74 Å². The lowest BCUT2D eigenvalue weighted by atomic mass is 9.99. The Hall–Kier alpha value is -0.380. The molecule has 1 saturated heterocycles. The van der Waals surface area contributed by atoms with Crippen molar-refractivity contribution in [1.29, 1.82) is 0 Å². The van der Waals surface area contributed by atoms with Gasteiger partial charge in [0.25, 0.3) is 0 Å². The van der Waals surface area contributed by atoms with Gasteiger partial charge in [0.15, 0.2) is 0 Å². The molecule has 0 aliphatic carbocycles. The lowest BCUT2D eigenvalue weighted by Crippen LogP contribution is -2.36. The summed E-state index contributed by atoms with van der Waals surface area (Å²) < 4.78 is 5.37. The van der Waals surface area contributed by atoms with Gasteiger partial charge in [-0.1, -0.05) is 18.0 Å². The van der Waals surface area contributed by atoms with Gasteiger partial charge in [-0.05, 0) is 48.8 Å². The normalized spacial score (nSPS) is 21.6. The van der Waals surface area contributed by atoms with E-state index in [1.807, 2.05) is 30.0 Å². The molecule has 2 unspecified atom stereocenters. The van der Waals surface area contributed by atoms with Crippen molar-refractivity contribution in [2.45, 2.75) is 37.0 Å². The van der Waals surface area contributed by atoms with Gasteiger partial charge < -0.3 is 10.5 Å². The van der Waals surface area contributed by atoms with Crippen LogP contribution in [0.25, 0.3) is 0 Å². The Balaban J connectivity index is 2.05. The van der Waals surface area contributed by atoms with Gasteiger partial charge in [0.05, 0.1) is 7.11 Å². The van der Waals surface area contributed by atoms with Gasteiger partial charge >= 0.3 is 0 Å². The van der Waals surface area contributed by atoms with Crippen LogP contribution in [0.5, 0.6) is 5.75 Å². The molecule has 0 spiro atoms. The van der Waals surface area contributed by atoms with E-state index in [9.17, 15) is 0 Å². The zero-order valence-electron chi connectivity index (χ0n) is 10.7. The molecule has 0 aromatic heterocycles. The van der Waals surface area contributed by atoms with E-state index in [4.69, 9.17) is 22.1 Å². The lowest BCUT2D eigenvalue weighted by molar-refractivity contribution is 0.407. The Labute approximate surface area is 118 Å². The Morgan fingerprint density at radius 2 is 2.33 bits per heavy atom. The lowest BCUT2D eigenvalue weighted by Gasteiger charge is -2.27. The predicted octanol–water partition coefficient (Wildman–Crippen LogP) is 3.50. The zero-order valence-corrected chi connectivity index (χ0v) is 12.3. The number of nitrogens with two attached hydrogens (primary N) is 1. The monoisotopic (exact) mass is 285 g/mol. The maximum absolute atomic E-state index is 6.33. The molecule has 0 amide bonds. The van der Waals surface area contributed by atoms with E-state index in [0.29, 0.717) is 5.25 Å². The minimum atomic E-state index is 0.183. The van der Waals surface area contributed by atoms with E-state index in [-0.39, 0.29) is 6.04 Å². The van der Waals surface area contributed by atoms with Crippen LogP contribution >= 0.6 is 23.4 Å². The van der Waals surface area contributed by atoms with Gasteiger partial charge in [-0.2, -0.15) is 11.8 Å². The van der Waals surface area contributed by atoms with Crippen LogP contribution in [-0.4, -0.2) is 24.2 Å². The molecule has 0 saturated carbocycles. The van der Waals surface area contributed by atoms with Gasteiger partial charge in [-0.25, -0.2) is 0 Å². The molecule has 2 atom stereocenters. The Kier molecular flexibility index (Phi) is 5.22. The van der Waals surface area contributed by atoms with Gasteiger partial charge in [-0.3, -0.25) is 0 Å². The molecule has 1 aliphatic heterocycles. The fourth-order valence-electron chi connectivity index (χ4n) is 2.40. The first-order chi connectivity index (χ1) is 8.70. The third-order valence-corrected chi connectivity index (χ3v) is 5.16. The molecule has 1 aromatic carbocycles. The summed E-state index contributed by atoms with van der Waals surface area (Å²) in [6.07, 6.45) is 4.70. The average molecular weight is 286 g/mol. The first-order valence-electron chi connectivity index (χ1n) is 6.40. The van der Waals surface area contributed by atoms with Crippen LogP contribution in [0.2, 0.25) is 5.02 Å². The third kappa shape index (κ3) is 3.56. The maximum atomic E-state index is 6.33. The summed E-state index contributed by atoms with van der Waals surface area (Å²) in [6, 6.07) is 5.92. The minimum Gasteiger partial charge on any atom is -0.496 e. The molecule has 100 valence electrons. The largest absolute Gasteiger partial charge is 0.496 e. The minimum absolute atomic E-state index is 0.183. The molecular formula is C14H20ClNOS. The van der Waals surface area contributed by atoms with E-state index in [1.165, 1.54) is 25.0 Å². The Morgan fingerprint density at radius 1 is 1.50 bits per heavy atom. The number of thioether (sulfide) groups is 1. The van der Waals surface area contributed by atoms with E-state index < -0.39 is 0 Å². The molecule has 2 N–H and O–H groups in total. The van der Waals surface area contributed by atoms with E-state index >= 15 is 0 Å². The van der Waals surface area contributed by atoms with E-state index in [0.717, 1.165) is 22.8 Å². The summed E-state index contributed by atoms with van der Waals surface area (Å²) in [6.45, 7) is 0. The van der Waals surface area contributed by atoms with Crippen LogP contribution in [0.3, 0.4) is 0 Å². The highest BCUT2D eigenvalue weighted by atomic mass is 35.5. The highest BCUT2D eigenvalue weighted by molar-refractivity contribution is 8.00. The number of hydrogen-bond donors (Lipinski definition) is 1. The molecule has 0 radical (unpaired) electrons. The van der Waals surface area contributed by atoms with Gasteiger partial charge in [-0.15, -0.1) is 0 Å². The molecule has 1 heterocycles. The predicted molar refractivity (Wildman–Crippen MR) is 79.8 cm³/mol. The quantitative estimate of drug-likeness (QED) is 0.919. The van der Waals surface area contributed by atoms with Gasteiger partial charge in [0.2, 0.25) is 0 Å². The molecular weight excluding hydrogens is 266 g/mol. The zero-order chi connectivity index (χ0) is 13.0. The fraction of sp³-hybridized carbons (Fsp3) is 0.571. The highest BCUT2D eigenvalue weighted by Gasteiger charge is 2.22. The second-order valence-corrected chi connectivity index (χ2v) is 6.51. The van der Waals surface area contributed by atoms with Crippen molar-refractivity contribution in [1.82, 2.24) is 0 Å². The number of halogens is 1. The number of ether oxygens (including phenoxy) is 1. The van der Waals surface area contributed by atoms with Crippen molar-refractivity contribution in [3.8, 4) is 5.75 Å². The summed E-state index contributed by atoms with van der Waals surface area (Å²) >= 11 is 8.05. The van der Waals surface area contributed by atoms with Crippen molar-refractivity contribution >= 4 is 23.4 Å². The van der Waals surface area contributed by atoms with Crippen LogP contribution in [0.15, 0.2) is 18.2 Å². The van der Waals surface area contributed by atoms with Crippen LogP contribution < -0.4 is 10.5 Å². The highest BCUT2D eigenvalue weighted by Crippen LogP contribution is 2.30. The van der Waals surface area contributed by atoms with Crippen LogP contribution in [0.4, 0.5) is 0 Å². The first-order valence-corrected chi connectivity index (χ1v) is 7.83. The molecule has 18 heavy (non-hydrogen) atoms. The fourth-order valence-corrected chi connectivity index (χ4v) is 3.94. The molecule has 4 heteroatoms. The molecule has 0 bridgehead atoms. The molecule has 2 nitrogen and oxygen atoms in total. The number of benzene rings is 1. The van der Waals surface area contributed by atoms with E-state index in [2.05, 4.69) is 0 Å². The topological polar surface area (TPSA) is 35.2 Å². The molecule has 1 aromatic rings. The van der Waals surface area contributed by atoms with Gasteiger partial charge in [0, 0.05) is 16.3 Å².